The Labute approximate surface area is 134 Å². The van der Waals surface area contributed by atoms with Crippen LogP contribution in [0.4, 0.5) is 5.69 Å². The van der Waals surface area contributed by atoms with Gasteiger partial charge in [-0.15, -0.1) is 0 Å². The van der Waals surface area contributed by atoms with Crippen molar-refractivity contribution in [1.29, 1.82) is 0 Å². The van der Waals surface area contributed by atoms with Crippen LogP contribution in [-0.4, -0.2) is 53.2 Å². The SMILES string of the molecule is C[C@H]1[C@@H]2CCCN2CCN1Cc1cc2c(cc1[N+](=O)[O-])OCO2. The summed E-state index contributed by atoms with van der Waals surface area (Å²) in [7, 11) is 0. The predicted octanol–water partition coefficient (Wildman–Crippen LogP) is 1.99. The van der Waals surface area contributed by atoms with Gasteiger partial charge in [0.2, 0.25) is 6.79 Å². The summed E-state index contributed by atoms with van der Waals surface area (Å²) in [5, 5.41) is 11.4. The second kappa shape index (κ2) is 5.65. The molecule has 0 aliphatic carbocycles. The highest BCUT2D eigenvalue weighted by Gasteiger charge is 2.37. The maximum absolute atomic E-state index is 11.4. The summed E-state index contributed by atoms with van der Waals surface area (Å²) in [5.74, 6) is 1.08. The van der Waals surface area contributed by atoms with E-state index >= 15 is 0 Å². The number of ether oxygens (including phenoxy) is 2. The van der Waals surface area contributed by atoms with Crippen molar-refractivity contribution < 1.29 is 14.4 Å². The Morgan fingerprint density at radius 2 is 2.04 bits per heavy atom. The first kappa shape index (κ1) is 14.7. The van der Waals surface area contributed by atoms with Crippen molar-refractivity contribution >= 4 is 5.69 Å². The third kappa shape index (κ3) is 2.53. The third-order valence-corrected chi connectivity index (χ3v) is 5.37. The fourth-order valence-corrected chi connectivity index (χ4v) is 4.09. The zero-order chi connectivity index (χ0) is 16.0. The van der Waals surface area contributed by atoms with Crippen LogP contribution in [0.1, 0.15) is 25.3 Å². The zero-order valence-corrected chi connectivity index (χ0v) is 13.2. The van der Waals surface area contributed by atoms with Gasteiger partial charge in [0, 0.05) is 37.3 Å². The molecule has 0 unspecified atom stereocenters. The Hall–Kier alpha value is -1.86. The highest BCUT2D eigenvalue weighted by molar-refractivity contribution is 5.55. The van der Waals surface area contributed by atoms with Crippen LogP contribution in [0, 0.1) is 10.1 Å². The van der Waals surface area contributed by atoms with Gasteiger partial charge in [0.15, 0.2) is 11.5 Å². The summed E-state index contributed by atoms with van der Waals surface area (Å²) in [6.45, 7) is 6.14. The Morgan fingerprint density at radius 3 is 2.83 bits per heavy atom. The van der Waals surface area contributed by atoms with Gasteiger partial charge >= 0.3 is 0 Å². The lowest BCUT2D eigenvalue weighted by Gasteiger charge is -2.43. The third-order valence-electron chi connectivity index (χ3n) is 5.37. The van der Waals surface area contributed by atoms with Gasteiger partial charge in [0.25, 0.3) is 5.69 Å². The molecule has 0 bridgehead atoms. The molecule has 3 heterocycles. The molecule has 0 spiro atoms. The first-order chi connectivity index (χ1) is 11.1. The number of nitro groups is 1. The van der Waals surface area contributed by atoms with Gasteiger partial charge in [0.05, 0.1) is 11.0 Å². The molecular weight excluding hydrogens is 298 g/mol. The average molecular weight is 319 g/mol. The molecule has 1 aromatic rings. The van der Waals surface area contributed by atoms with E-state index in [1.807, 2.05) is 0 Å². The first-order valence-corrected chi connectivity index (χ1v) is 8.18. The summed E-state index contributed by atoms with van der Waals surface area (Å²) in [5.41, 5.74) is 0.827. The van der Waals surface area contributed by atoms with Gasteiger partial charge < -0.3 is 9.47 Å². The Bertz CT molecular complexity index is 636. The number of hydrogen-bond acceptors (Lipinski definition) is 6. The summed E-state index contributed by atoms with van der Waals surface area (Å²) < 4.78 is 10.7. The number of fused-ring (bicyclic) bond motifs is 2. The molecule has 0 N–H and O–H groups in total. The molecule has 7 nitrogen and oxygen atoms in total. The Balaban J connectivity index is 1.59. The molecule has 2 atom stereocenters. The van der Waals surface area contributed by atoms with E-state index < -0.39 is 0 Å². The first-order valence-electron chi connectivity index (χ1n) is 8.18. The van der Waals surface area contributed by atoms with Gasteiger partial charge in [-0.05, 0) is 32.4 Å². The molecule has 4 rings (SSSR count). The lowest BCUT2D eigenvalue weighted by Crippen LogP contribution is -2.55. The monoisotopic (exact) mass is 319 g/mol. The van der Waals surface area contributed by atoms with Crippen LogP contribution in [0.2, 0.25) is 0 Å². The number of rotatable bonds is 3. The maximum Gasteiger partial charge on any atom is 0.277 e. The highest BCUT2D eigenvalue weighted by Crippen LogP contribution is 2.39. The molecule has 2 fully saturated rings. The number of benzene rings is 1. The van der Waals surface area contributed by atoms with Gasteiger partial charge in [-0.1, -0.05) is 0 Å². The largest absolute Gasteiger partial charge is 0.454 e. The lowest BCUT2D eigenvalue weighted by atomic mass is 10.0. The molecule has 0 aromatic heterocycles. The van der Waals surface area contributed by atoms with E-state index in [1.54, 1.807) is 6.07 Å². The molecule has 0 amide bonds. The summed E-state index contributed by atoms with van der Waals surface area (Å²) in [6.07, 6.45) is 2.48. The predicted molar refractivity (Wildman–Crippen MR) is 83.7 cm³/mol. The normalized spacial score (nSPS) is 27.2. The van der Waals surface area contributed by atoms with Crippen LogP contribution < -0.4 is 9.47 Å². The fraction of sp³-hybridized carbons (Fsp3) is 0.625. The molecule has 0 saturated carbocycles. The number of nitrogens with zero attached hydrogens (tertiary/aromatic N) is 3. The van der Waals surface area contributed by atoms with Crippen molar-refractivity contribution in [2.45, 2.75) is 38.4 Å². The van der Waals surface area contributed by atoms with Crippen molar-refractivity contribution in [2.75, 3.05) is 26.4 Å². The second-order valence-corrected chi connectivity index (χ2v) is 6.55. The van der Waals surface area contributed by atoms with Crippen molar-refractivity contribution in [3.8, 4) is 11.5 Å². The minimum Gasteiger partial charge on any atom is -0.454 e. The standard InChI is InChI=1S/C16H21N3O4/c1-11-13-3-2-4-17(13)5-6-18(11)9-12-7-15-16(23-10-22-15)8-14(12)19(20)21/h7-8,11,13H,2-6,9-10H2,1H3/t11-,13-/m0/s1. The molecule has 3 aliphatic rings. The van der Waals surface area contributed by atoms with Crippen LogP contribution in [0.25, 0.3) is 0 Å². The van der Waals surface area contributed by atoms with E-state index in [0.29, 0.717) is 35.7 Å². The maximum atomic E-state index is 11.4. The van der Waals surface area contributed by atoms with E-state index in [4.69, 9.17) is 9.47 Å². The summed E-state index contributed by atoms with van der Waals surface area (Å²) >= 11 is 0. The van der Waals surface area contributed by atoms with E-state index in [9.17, 15) is 10.1 Å². The minimum absolute atomic E-state index is 0.121. The number of piperazine rings is 1. The van der Waals surface area contributed by atoms with E-state index in [1.165, 1.54) is 25.5 Å². The van der Waals surface area contributed by atoms with Crippen molar-refractivity contribution in [3.05, 3.63) is 27.8 Å². The summed E-state index contributed by atoms with van der Waals surface area (Å²) in [4.78, 5) is 16.0. The van der Waals surface area contributed by atoms with Crippen LogP contribution >= 0.6 is 0 Å². The molecule has 1 aromatic carbocycles. The van der Waals surface area contributed by atoms with E-state index in [0.717, 1.165) is 13.1 Å². The van der Waals surface area contributed by atoms with E-state index in [2.05, 4.69) is 16.7 Å². The molecule has 3 aliphatic heterocycles. The average Bonchev–Trinajstić information content (AvgIpc) is 3.17. The van der Waals surface area contributed by atoms with Crippen LogP contribution in [0.5, 0.6) is 11.5 Å². The van der Waals surface area contributed by atoms with Gasteiger partial charge in [-0.25, -0.2) is 0 Å². The molecule has 0 radical (unpaired) electrons. The van der Waals surface area contributed by atoms with Gasteiger partial charge in [-0.2, -0.15) is 0 Å². The number of hydrogen-bond donors (Lipinski definition) is 0. The zero-order valence-electron chi connectivity index (χ0n) is 13.2. The lowest BCUT2D eigenvalue weighted by molar-refractivity contribution is -0.385. The van der Waals surface area contributed by atoms with Crippen LogP contribution in [-0.2, 0) is 6.54 Å². The molecule has 124 valence electrons. The Kier molecular flexibility index (Phi) is 3.61. The summed E-state index contributed by atoms with van der Waals surface area (Å²) in [6, 6.07) is 4.26. The topological polar surface area (TPSA) is 68.1 Å². The number of nitro benzene ring substituents is 1. The van der Waals surface area contributed by atoms with Crippen LogP contribution in [0.3, 0.4) is 0 Å². The minimum atomic E-state index is -0.326. The molecule has 7 heteroatoms. The van der Waals surface area contributed by atoms with Gasteiger partial charge in [-0.3, -0.25) is 19.9 Å². The highest BCUT2D eigenvalue weighted by atomic mass is 16.7. The molecule has 23 heavy (non-hydrogen) atoms. The van der Waals surface area contributed by atoms with Gasteiger partial charge in [0.1, 0.15) is 0 Å². The van der Waals surface area contributed by atoms with Crippen molar-refractivity contribution in [3.63, 3.8) is 0 Å². The van der Waals surface area contributed by atoms with Crippen LogP contribution in [0.15, 0.2) is 12.1 Å². The molecule has 2 saturated heterocycles. The van der Waals surface area contributed by atoms with E-state index in [-0.39, 0.29) is 17.4 Å². The molecular formula is C16H21N3O4. The Morgan fingerprint density at radius 1 is 1.26 bits per heavy atom. The second-order valence-electron chi connectivity index (χ2n) is 6.55. The van der Waals surface area contributed by atoms with Crippen molar-refractivity contribution in [1.82, 2.24) is 9.80 Å². The smallest absolute Gasteiger partial charge is 0.277 e. The van der Waals surface area contributed by atoms with Crippen molar-refractivity contribution in [2.24, 2.45) is 0 Å². The quantitative estimate of drug-likeness (QED) is 0.627. The fourth-order valence-electron chi connectivity index (χ4n) is 4.09.